The Hall–Kier alpha value is -1.14. The van der Waals surface area contributed by atoms with Gasteiger partial charge in [0.15, 0.2) is 5.96 Å². The second-order valence-corrected chi connectivity index (χ2v) is 6.79. The van der Waals surface area contributed by atoms with Gasteiger partial charge in [-0.1, -0.05) is 0 Å². The topological polar surface area (TPSA) is 58.5 Å². The van der Waals surface area contributed by atoms with E-state index in [0.717, 1.165) is 37.5 Å². The quantitative estimate of drug-likeness (QED) is 0.495. The van der Waals surface area contributed by atoms with Crippen LogP contribution in [0.2, 0.25) is 0 Å². The largest absolute Gasteiger partial charge is 0.373 e. The number of rotatable bonds is 5. The van der Waals surface area contributed by atoms with Crippen molar-refractivity contribution in [1.29, 1.82) is 0 Å². The Balaban J connectivity index is 1.37. The molecule has 2 saturated heterocycles. The number of aliphatic imine (C=N–C) groups is 1. The summed E-state index contributed by atoms with van der Waals surface area (Å²) < 4.78 is 5.86. The van der Waals surface area contributed by atoms with Crippen molar-refractivity contribution < 1.29 is 4.74 Å². The third kappa shape index (κ3) is 3.74. The number of thiazole rings is 1. The van der Waals surface area contributed by atoms with Crippen molar-refractivity contribution >= 4 is 17.3 Å². The molecule has 2 aliphatic rings. The molecule has 3 atom stereocenters. The molecule has 2 bridgehead atoms. The molecule has 0 aromatic carbocycles. The summed E-state index contributed by atoms with van der Waals surface area (Å²) in [6.07, 6.45) is 6.47. The fourth-order valence-electron chi connectivity index (χ4n) is 3.12. The Labute approximate surface area is 130 Å². The van der Waals surface area contributed by atoms with E-state index < -0.39 is 0 Å². The van der Waals surface area contributed by atoms with Gasteiger partial charge in [-0.15, -0.1) is 11.3 Å². The number of nitrogens with one attached hydrogen (secondary N) is 2. The predicted octanol–water partition coefficient (Wildman–Crippen LogP) is 1.87. The van der Waals surface area contributed by atoms with Crippen molar-refractivity contribution in [2.75, 3.05) is 13.6 Å². The highest BCUT2D eigenvalue weighted by molar-refractivity contribution is 7.09. The van der Waals surface area contributed by atoms with Gasteiger partial charge in [0.1, 0.15) is 0 Å². The number of ether oxygens (including phenoxy) is 1. The van der Waals surface area contributed by atoms with E-state index in [0.29, 0.717) is 18.2 Å². The molecule has 0 saturated carbocycles. The number of hydrogen-bond acceptors (Lipinski definition) is 4. The third-order valence-corrected chi connectivity index (χ3v) is 5.20. The van der Waals surface area contributed by atoms with Gasteiger partial charge in [-0.3, -0.25) is 4.99 Å². The normalized spacial score (nSPS) is 28.1. The molecule has 21 heavy (non-hydrogen) atoms. The van der Waals surface area contributed by atoms with Crippen LogP contribution in [0.4, 0.5) is 0 Å². The van der Waals surface area contributed by atoms with E-state index in [9.17, 15) is 0 Å². The molecule has 1 aromatic heterocycles. The molecule has 3 unspecified atom stereocenters. The lowest BCUT2D eigenvalue weighted by Gasteiger charge is -2.22. The molecule has 3 heterocycles. The Morgan fingerprint density at radius 3 is 3.05 bits per heavy atom. The monoisotopic (exact) mass is 308 g/mol. The summed E-state index contributed by atoms with van der Waals surface area (Å²) in [6.45, 7) is 2.96. The van der Waals surface area contributed by atoms with Crippen LogP contribution in [0, 0.1) is 6.92 Å². The number of guanidine groups is 1. The van der Waals surface area contributed by atoms with Gasteiger partial charge in [-0.05, 0) is 32.6 Å². The molecule has 2 N–H and O–H groups in total. The second-order valence-electron chi connectivity index (χ2n) is 5.85. The lowest BCUT2D eigenvalue weighted by molar-refractivity contribution is 0.0992. The van der Waals surface area contributed by atoms with Crippen molar-refractivity contribution in [2.45, 2.75) is 57.3 Å². The average Bonchev–Trinajstić information content (AvgIpc) is 3.19. The van der Waals surface area contributed by atoms with Gasteiger partial charge in [0.25, 0.3) is 0 Å². The van der Waals surface area contributed by atoms with E-state index in [1.165, 1.54) is 17.8 Å². The number of nitrogens with zero attached hydrogens (tertiary/aromatic N) is 2. The van der Waals surface area contributed by atoms with Crippen LogP contribution in [0.3, 0.4) is 0 Å². The Morgan fingerprint density at radius 1 is 1.52 bits per heavy atom. The van der Waals surface area contributed by atoms with Crippen molar-refractivity contribution in [1.82, 2.24) is 15.6 Å². The van der Waals surface area contributed by atoms with Gasteiger partial charge in [0.05, 0.1) is 23.3 Å². The zero-order chi connectivity index (χ0) is 14.7. The molecule has 0 spiro atoms. The van der Waals surface area contributed by atoms with Gasteiger partial charge in [0.2, 0.25) is 0 Å². The molecular formula is C15H24N4OS. The minimum atomic E-state index is 0.381. The molecule has 0 aliphatic carbocycles. The van der Waals surface area contributed by atoms with Crippen LogP contribution in [0.25, 0.3) is 0 Å². The van der Waals surface area contributed by atoms with Crippen LogP contribution in [0.15, 0.2) is 10.4 Å². The van der Waals surface area contributed by atoms with E-state index in [-0.39, 0.29) is 0 Å². The minimum absolute atomic E-state index is 0.381. The SMILES string of the molecule is CN=C(NCCCc1nc(C)cs1)NC1CC2CCC1O2. The summed E-state index contributed by atoms with van der Waals surface area (Å²) in [7, 11) is 1.83. The first kappa shape index (κ1) is 14.8. The first-order valence-electron chi connectivity index (χ1n) is 7.78. The summed E-state index contributed by atoms with van der Waals surface area (Å²) in [6, 6.07) is 0.427. The van der Waals surface area contributed by atoms with E-state index in [1.807, 2.05) is 14.0 Å². The maximum Gasteiger partial charge on any atom is 0.191 e. The number of fused-ring (bicyclic) bond motifs is 2. The van der Waals surface area contributed by atoms with Crippen LogP contribution >= 0.6 is 11.3 Å². The summed E-state index contributed by atoms with van der Waals surface area (Å²) in [4.78, 5) is 8.79. The van der Waals surface area contributed by atoms with Crippen LogP contribution in [0.5, 0.6) is 0 Å². The Bertz CT molecular complexity index is 502. The van der Waals surface area contributed by atoms with Crippen molar-refractivity contribution in [3.8, 4) is 0 Å². The Kier molecular flexibility index (Phi) is 4.75. The van der Waals surface area contributed by atoms with Gasteiger partial charge >= 0.3 is 0 Å². The van der Waals surface area contributed by atoms with Crippen LogP contribution in [-0.4, -0.2) is 42.8 Å². The maximum atomic E-state index is 5.86. The standard InChI is InChI=1S/C15H24N4OS/c1-10-9-21-14(18-10)4-3-7-17-15(16-2)19-12-8-11-5-6-13(12)20-11/h9,11-13H,3-8H2,1-2H3,(H2,16,17,19). The lowest BCUT2D eigenvalue weighted by Crippen LogP contribution is -2.47. The molecule has 2 fully saturated rings. The molecule has 2 aliphatic heterocycles. The average molecular weight is 308 g/mol. The third-order valence-electron chi connectivity index (χ3n) is 4.18. The summed E-state index contributed by atoms with van der Waals surface area (Å²) >= 11 is 1.75. The number of aryl methyl sites for hydroxylation is 2. The summed E-state index contributed by atoms with van der Waals surface area (Å²) in [5, 5.41) is 10.2. The molecule has 6 heteroatoms. The molecular weight excluding hydrogens is 284 g/mol. The van der Waals surface area contributed by atoms with Gasteiger partial charge in [0, 0.05) is 31.1 Å². The van der Waals surface area contributed by atoms with Crippen LogP contribution in [0.1, 0.15) is 36.4 Å². The summed E-state index contributed by atoms with van der Waals surface area (Å²) in [5.41, 5.74) is 1.12. The number of aromatic nitrogens is 1. The molecule has 116 valence electrons. The van der Waals surface area contributed by atoms with Crippen molar-refractivity contribution in [3.05, 3.63) is 16.1 Å². The van der Waals surface area contributed by atoms with E-state index in [2.05, 4.69) is 26.0 Å². The van der Waals surface area contributed by atoms with Crippen molar-refractivity contribution in [3.63, 3.8) is 0 Å². The first-order valence-corrected chi connectivity index (χ1v) is 8.66. The smallest absolute Gasteiger partial charge is 0.191 e. The zero-order valence-corrected chi connectivity index (χ0v) is 13.6. The maximum absolute atomic E-state index is 5.86. The highest BCUT2D eigenvalue weighted by Crippen LogP contribution is 2.34. The second kappa shape index (κ2) is 6.75. The van der Waals surface area contributed by atoms with Gasteiger partial charge < -0.3 is 15.4 Å². The highest BCUT2D eigenvalue weighted by Gasteiger charge is 2.41. The zero-order valence-electron chi connectivity index (χ0n) is 12.8. The fourth-order valence-corrected chi connectivity index (χ4v) is 3.94. The molecule has 3 rings (SSSR count). The molecule has 0 radical (unpaired) electrons. The van der Waals surface area contributed by atoms with Gasteiger partial charge in [-0.25, -0.2) is 4.98 Å². The Morgan fingerprint density at radius 2 is 2.43 bits per heavy atom. The van der Waals surface area contributed by atoms with E-state index >= 15 is 0 Å². The van der Waals surface area contributed by atoms with Crippen molar-refractivity contribution in [2.24, 2.45) is 4.99 Å². The lowest BCUT2D eigenvalue weighted by atomic mass is 9.96. The van der Waals surface area contributed by atoms with Gasteiger partial charge in [-0.2, -0.15) is 0 Å². The fraction of sp³-hybridized carbons (Fsp3) is 0.733. The molecule has 0 amide bonds. The van der Waals surface area contributed by atoms with Crippen LogP contribution in [-0.2, 0) is 11.2 Å². The highest BCUT2D eigenvalue weighted by atomic mass is 32.1. The summed E-state index contributed by atoms with van der Waals surface area (Å²) in [5.74, 6) is 0.895. The van der Waals surface area contributed by atoms with E-state index in [1.54, 1.807) is 11.3 Å². The predicted molar refractivity (Wildman–Crippen MR) is 86.0 cm³/mol. The van der Waals surface area contributed by atoms with E-state index in [4.69, 9.17) is 4.74 Å². The first-order chi connectivity index (χ1) is 10.2. The molecule has 1 aromatic rings. The number of hydrogen-bond donors (Lipinski definition) is 2. The molecule has 5 nitrogen and oxygen atoms in total. The van der Waals surface area contributed by atoms with Crippen LogP contribution < -0.4 is 10.6 Å². The minimum Gasteiger partial charge on any atom is -0.373 e.